The van der Waals surface area contributed by atoms with E-state index < -0.39 is 55.2 Å². The molecular weight excluding hydrogens is 618 g/mol. The van der Waals surface area contributed by atoms with Crippen LogP contribution in [0.4, 0.5) is 0 Å². The van der Waals surface area contributed by atoms with Gasteiger partial charge in [0.25, 0.3) is 0 Å². The Labute approximate surface area is 266 Å². The van der Waals surface area contributed by atoms with Gasteiger partial charge in [-0.1, -0.05) is 12.1 Å². The van der Waals surface area contributed by atoms with Gasteiger partial charge >= 0.3 is 11.9 Å². The minimum absolute atomic E-state index is 0.0547. The number of ether oxygens (including phenoxy) is 3. The van der Waals surface area contributed by atoms with Crippen LogP contribution in [0.1, 0.15) is 0 Å². The number of phenols is 1. The summed E-state index contributed by atoms with van der Waals surface area (Å²) in [4.78, 5) is 47.4. The summed E-state index contributed by atoms with van der Waals surface area (Å²) in [6.45, 7) is -0.485. The third-order valence-corrected chi connectivity index (χ3v) is 7.87. The van der Waals surface area contributed by atoms with Crippen LogP contribution >= 0.6 is 0 Å². The molecule has 4 heterocycles. The Balaban J connectivity index is 1.24. The number of allylic oxidation sites excluding steroid dienone is 1. The Morgan fingerprint density at radius 1 is 1.15 bits per heavy atom. The number of aromatic hydroxyl groups is 1. The Hall–Kier alpha value is -5.06. The number of carbonyl (C=O) groups is 2. The number of benzene rings is 2. The summed E-state index contributed by atoms with van der Waals surface area (Å²) in [6.07, 6.45) is -0.925. The second kappa shape index (κ2) is 13.4. The van der Waals surface area contributed by atoms with Crippen molar-refractivity contribution < 1.29 is 53.5 Å². The summed E-state index contributed by atoms with van der Waals surface area (Å²) < 4.78 is 23.0. The van der Waals surface area contributed by atoms with Gasteiger partial charge in [0.2, 0.25) is 6.29 Å². The lowest BCUT2D eigenvalue weighted by molar-refractivity contribution is -0.326. The predicted molar refractivity (Wildman–Crippen MR) is 163 cm³/mol. The van der Waals surface area contributed by atoms with E-state index in [2.05, 4.69) is 10.3 Å². The highest BCUT2D eigenvalue weighted by Crippen LogP contribution is 2.32. The fraction of sp³-hybridized carbons (Fsp3) is 0.312. The number of rotatable bonds is 11. The van der Waals surface area contributed by atoms with E-state index >= 15 is 0 Å². The Morgan fingerprint density at radius 2 is 1.94 bits per heavy atom. The van der Waals surface area contributed by atoms with Crippen molar-refractivity contribution >= 4 is 29.1 Å². The molecule has 15 nitrogen and oxygen atoms in total. The summed E-state index contributed by atoms with van der Waals surface area (Å²) in [6, 6.07) is 10.5. The van der Waals surface area contributed by atoms with Crippen LogP contribution in [-0.4, -0.2) is 101 Å². The summed E-state index contributed by atoms with van der Waals surface area (Å²) in [5, 5.41) is 45.3. The SMILES string of the molecule is CNC[C@@H](C(=O)O)C(=O)OC[C@@H]1O[C@H](Oc2ccc3c(=O)c(-c4ccc(O)cc4)coc3c2)[C@@H](ON2C=C3N=CC=C3C2)[C@H](O)[C@H]1O. The van der Waals surface area contributed by atoms with Crippen molar-refractivity contribution in [3.8, 4) is 22.6 Å². The third kappa shape index (κ3) is 6.61. The first-order valence-electron chi connectivity index (χ1n) is 14.6. The summed E-state index contributed by atoms with van der Waals surface area (Å²) in [7, 11) is 1.48. The van der Waals surface area contributed by atoms with Crippen LogP contribution in [0.25, 0.3) is 22.1 Å². The lowest BCUT2D eigenvalue weighted by Gasteiger charge is -2.42. The number of nitrogens with zero attached hydrogens (tertiary/aromatic N) is 2. The second-order valence-corrected chi connectivity index (χ2v) is 11.0. The average Bonchev–Trinajstić information content (AvgIpc) is 3.65. The summed E-state index contributed by atoms with van der Waals surface area (Å²) >= 11 is 0. The number of aliphatic imine (C=N–C) groups is 1. The van der Waals surface area contributed by atoms with Crippen molar-refractivity contribution in [2.24, 2.45) is 10.9 Å². The van der Waals surface area contributed by atoms with Crippen molar-refractivity contribution in [1.29, 1.82) is 0 Å². The van der Waals surface area contributed by atoms with Crippen molar-refractivity contribution in [3.63, 3.8) is 0 Å². The van der Waals surface area contributed by atoms with Gasteiger partial charge in [0.15, 0.2) is 17.5 Å². The van der Waals surface area contributed by atoms with Gasteiger partial charge in [0, 0.05) is 24.4 Å². The molecule has 0 radical (unpaired) electrons. The highest BCUT2D eigenvalue weighted by molar-refractivity contribution is 5.94. The molecule has 0 aliphatic carbocycles. The van der Waals surface area contributed by atoms with E-state index in [9.17, 15) is 34.8 Å². The number of hydroxylamine groups is 2. The van der Waals surface area contributed by atoms with E-state index in [4.69, 9.17) is 23.5 Å². The number of aliphatic carboxylic acids is 1. The summed E-state index contributed by atoms with van der Waals surface area (Å²) in [5.41, 5.74) is 2.25. The molecule has 0 amide bonds. The maximum atomic E-state index is 13.2. The van der Waals surface area contributed by atoms with Gasteiger partial charge in [-0.25, -0.2) is 0 Å². The minimum atomic E-state index is -1.62. The van der Waals surface area contributed by atoms with Gasteiger partial charge < -0.3 is 44.4 Å². The van der Waals surface area contributed by atoms with Crippen molar-refractivity contribution in [2.45, 2.75) is 30.7 Å². The fourth-order valence-electron chi connectivity index (χ4n) is 5.35. The largest absolute Gasteiger partial charge is 0.508 e. The maximum absolute atomic E-state index is 13.2. The molecule has 3 aliphatic rings. The lowest BCUT2D eigenvalue weighted by atomic mass is 9.99. The van der Waals surface area contributed by atoms with Crippen LogP contribution in [0.2, 0.25) is 0 Å². The number of carbonyl (C=O) groups excluding carboxylic acids is 1. The second-order valence-electron chi connectivity index (χ2n) is 11.0. The monoisotopic (exact) mass is 649 g/mol. The standard InChI is InChI=1S/C32H31N3O12/c1-33-11-21(30(40)41)31(42)44-15-25-27(38)28(39)29(47-35-12-17-8-9-34-23(17)13-35)32(46-25)45-19-6-7-20-24(10-19)43-14-22(26(20)37)16-2-4-18(36)5-3-16/h2-10,13-14,21,25,27-29,32-33,36,38-39H,11-12,15H2,1H3,(H,40,41)/t21-,25-,27-,28+,29-,32-/m0/s1. The van der Waals surface area contributed by atoms with E-state index in [-0.39, 0.29) is 40.0 Å². The lowest BCUT2D eigenvalue weighted by Crippen LogP contribution is -2.62. The zero-order chi connectivity index (χ0) is 33.2. The highest BCUT2D eigenvalue weighted by atomic mass is 16.8. The van der Waals surface area contributed by atoms with Gasteiger partial charge in [0.05, 0.1) is 29.4 Å². The number of aliphatic hydroxyl groups is 2. The van der Waals surface area contributed by atoms with E-state index in [0.29, 0.717) is 17.8 Å². The molecule has 1 saturated heterocycles. The highest BCUT2D eigenvalue weighted by Gasteiger charge is 2.49. The fourth-order valence-corrected chi connectivity index (χ4v) is 5.35. The number of hydrogen-bond acceptors (Lipinski definition) is 14. The molecule has 6 atom stereocenters. The molecule has 246 valence electrons. The number of phenolic OH excluding ortho intramolecular Hbond substituents is 1. The Bertz CT molecular complexity index is 1820. The number of aliphatic hydroxyl groups excluding tert-OH is 2. The molecule has 15 heteroatoms. The van der Waals surface area contributed by atoms with Crippen LogP contribution in [0.5, 0.6) is 11.5 Å². The van der Waals surface area contributed by atoms with Gasteiger partial charge in [-0.2, -0.15) is 0 Å². The van der Waals surface area contributed by atoms with Crippen LogP contribution < -0.4 is 15.5 Å². The van der Waals surface area contributed by atoms with E-state index in [1.807, 2.05) is 6.08 Å². The minimum Gasteiger partial charge on any atom is -0.508 e. The molecule has 0 saturated carbocycles. The van der Waals surface area contributed by atoms with Gasteiger partial charge in [-0.3, -0.25) is 29.3 Å². The molecule has 2 aromatic carbocycles. The number of nitrogens with one attached hydrogen (secondary N) is 1. The molecule has 5 N–H and O–H groups in total. The molecule has 3 aliphatic heterocycles. The summed E-state index contributed by atoms with van der Waals surface area (Å²) in [5.74, 6) is -3.76. The van der Waals surface area contributed by atoms with Gasteiger partial charge in [-0.15, -0.1) is 0 Å². The third-order valence-electron chi connectivity index (χ3n) is 7.87. The zero-order valence-corrected chi connectivity index (χ0v) is 24.9. The molecule has 0 bridgehead atoms. The number of fused-ring (bicyclic) bond motifs is 2. The molecule has 0 unspecified atom stereocenters. The smallest absolute Gasteiger partial charge is 0.321 e. The topological polar surface area (TPSA) is 210 Å². The number of esters is 1. The molecule has 1 fully saturated rings. The predicted octanol–water partition coefficient (Wildman–Crippen LogP) is 0.923. The molecule has 6 rings (SSSR count). The van der Waals surface area contributed by atoms with Crippen LogP contribution in [0.15, 0.2) is 86.5 Å². The first-order chi connectivity index (χ1) is 22.6. The first-order valence-corrected chi connectivity index (χ1v) is 14.6. The van der Waals surface area contributed by atoms with E-state index in [0.717, 1.165) is 5.57 Å². The van der Waals surface area contributed by atoms with Crippen molar-refractivity contribution in [3.05, 3.63) is 82.5 Å². The van der Waals surface area contributed by atoms with Crippen molar-refractivity contribution in [2.75, 3.05) is 26.7 Å². The van der Waals surface area contributed by atoms with Crippen molar-refractivity contribution in [1.82, 2.24) is 10.4 Å². The number of hydrogen-bond donors (Lipinski definition) is 5. The van der Waals surface area contributed by atoms with E-state index in [1.165, 1.54) is 48.7 Å². The molecule has 0 spiro atoms. The Kier molecular flexibility index (Phi) is 9.06. The normalized spacial score (nSPS) is 24.1. The quantitative estimate of drug-likeness (QED) is 0.145. The van der Waals surface area contributed by atoms with Crippen LogP contribution in [0.3, 0.4) is 0 Å². The first kappa shape index (κ1) is 31.9. The van der Waals surface area contributed by atoms with Gasteiger partial charge in [0.1, 0.15) is 48.3 Å². The Morgan fingerprint density at radius 3 is 2.66 bits per heavy atom. The van der Waals surface area contributed by atoms with Gasteiger partial charge in [-0.05, 0) is 43.0 Å². The average molecular weight is 650 g/mol. The van der Waals surface area contributed by atoms with E-state index in [1.54, 1.807) is 24.5 Å². The number of carboxylic acid groups (broad SMARTS) is 1. The zero-order valence-electron chi connectivity index (χ0n) is 24.9. The molecule has 47 heavy (non-hydrogen) atoms. The molecule has 3 aromatic rings. The maximum Gasteiger partial charge on any atom is 0.321 e. The molecule has 1 aromatic heterocycles. The van der Waals surface area contributed by atoms with Crippen LogP contribution in [0, 0.1) is 5.92 Å². The number of carboxylic acids is 1. The molecular formula is C32H31N3O12. The van der Waals surface area contributed by atoms with Crippen LogP contribution in [-0.2, 0) is 23.9 Å².